The fraction of sp³-hybridized carbons (Fsp3) is 0.833. The molecule has 0 N–H and O–H groups in total. The number of ether oxygens (including phenoxy) is 3. The molecule has 5 nitrogen and oxygen atoms in total. The third-order valence-corrected chi connectivity index (χ3v) is 2.72. The standard InChI is InChI=1S/C12H20O5/c1-5-15-7-8-9(11(14)16-6-2)10(13)12(3,4)17-8/h8-9H,5-7H2,1-4H3. The Labute approximate surface area is 101 Å². The minimum atomic E-state index is -0.945. The number of carbonyl (C=O) groups excluding carboxylic acids is 2. The fourth-order valence-electron chi connectivity index (χ4n) is 1.90. The number of hydrogen-bond acceptors (Lipinski definition) is 5. The van der Waals surface area contributed by atoms with Crippen molar-refractivity contribution in [2.24, 2.45) is 5.92 Å². The lowest BCUT2D eigenvalue weighted by atomic mass is 9.92. The molecule has 0 aliphatic carbocycles. The summed E-state index contributed by atoms with van der Waals surface area (Å²) in [5.74, 6) is -1.62. The van der Waals surface area contributed by atoms with Crippen molar-refractivity contribution in [3.63, 3.8) is 0 Å². The zero-order chi connectivity index (χ0) is 13.1. The van der Waals surface area contributed by atoms with Crippen LogP contribution in [0.4, 0.5) is 0 Å². The lowest BCUT2D eigenvalue weighted by Gasteiger charge is -2.17. The molecule has 1 aliphatic rings. The molecule has 0 bridgehead atoms. The van der Waals surface area contributed by atoms with Gasteiger partial charge >= 0.3 is 5.97 Å². The van der Waals surface area contributed by atoms with Crippen LogP contribution in [0.2, 0.25) is 0 Å². The van der Waals surface area contributed by atoms with Crippen molar-refractivity contribution in [1.29, 1.82) is 0 Å². The molecule has 5 heteroatoms. The van der Waals surface area contributed by atoms with Gasteiger partial charge in [-0.3, -0.25) is 9.59 Å². The highest BCUT2D eigenvalue weighted by Gasteiger charge is 2.52. The molecule has 98 valence electrons. The third kappa shape index (κ3) is 3.04. The first-order valence-corrected chi connectivity index (χ1v) is 5.90. The first kappa shape index (κ1) is 14.1. The molecule has 0 aromatic carbocycles. The molecular formula is C12H20O5. The molecule has 2 unspecified atom stereocenters. The van der Waals surface area contributed by atoms with E-state index in [0.717, 1.165) is 0 Å². The second-order valence-electron chi connectivity index (χ2n) is 4.42. The predicted octanol–water partition coefficient (Wildman–Crippen LogP) is 0.949. The van der Waals surface area contributed by atoms with Crippen molar-refractivity contribution in [3.05, 3.63) is 0 Å². The maximum atomic E-state index is 12.0. The van der Waals surface area contributed by atoms with Gasteiger partial charge in [-0.2, -0.15) is 0 Å². The molecule has 0 spiro atoms. The number of ketones is 1. The Morgan fingerprint density at radius 2 is 2.00 bits per heavy atom. The normalized spacial score (nSPS) is 27.2. The van der Waals surface area contributed by atoms with Crippen LogP contribution in [-0.2, 0) is 23.8 Å². The van der Waals surface area contributed by atoms with E-state index >= 15 is 0 Å². The van der Waals surface area contributed by atoms with E-state index < -0.39 is 23.6 Å². The van der Waals surface area contributed by atoms with Crippen LogP contribution in [0.15, 0.2) is 0 Å². The molecule has 1 rings (SSSR count). The van der Waals surface area contributed by atoms with E-state index in [4.69, 9.17) is 14.2 Å². The summed E-state index contributed by atoms with van der Waals surface area (Å²) >= 11 is 0. The smallest absolute Gasteiger partial charge is 0.319 e. The average molecular weight is 244 g/mol. The highest BCUT2D eigenvalue weighted by molar-refractivity contribution is 6.05. The van der Waals surface area contributed by atoms with Gasteiger partial charge in [-0.1, -0.05) is 0 Å². The van der Waals surface area contributed by atoms with Crippen molar-refractivity contribution in [1.82, 2.24) is 0 Å². The number of Topliss-reactive ketones (excluding diaryl/α,β-unsaturated/α-hetero) is 1. The van der Waals surface area contributed by atoms with Crippen molar-refractivity contribution in [2.45, 2.75) is 39.4 Å². The highest BCUT2D eigenvalue weighted by atomic mass is 16.6. The Hall–Kier alpha value is -0.940. The van der Waals surface area contributed by atoms with Gasteiger partial charge in [-0.15, -0.1) is 0 Å². The van der Waals surface area contributed by atoms with Gasteiger partial charge in [0.25, 0.3) is 0 Å². The van der Waals surface area contributed by atoms with E-state index in [1.165, 1.54) is 0 Å². The number of esters is 1. The van der Waals surface area contributed by atoms with Crippen molar-refractivity contribution >= 4 is 11.8 Å². The molecule has 1 saturated heterocycles. The molecule has 0 aromatic heterocycles. The van der Waals surface area contributed by atoms with Crippen molar-refractivity contribution in [2.75, 3.05) is 19.8 Å². The SMILES string of the molecule is CCOCC1OC(C)(C)C(=O)C1C(=O)OCC. The summed E-state index contributed by atoms with van der Waals surface area (Å²) in [5, 5.41) is 0. The topological polar surface area (TPSA) is 61.8 Å². The van der Waals surface area contributed by atoms with Gasteiger partial charge in [-0.25, -0.2) is 0 Å². The quantitative estimate of drug-likeness (QED) is 0.532. The van der Waals surface area contributed by atoms with E-state index in [-0.39, 0.29) is 19.0 Å². The molecule has 0 radical (unpaired) electrons. The summed E-state index contributed by atoms with van der Waals surface area (Å²) in [4.78, 5) is 23.8. The second-order valence-corrected chi connectivity index (χ2v) is 4.42. The maximum Gasteiger partial charge on any atom is 0.319 e. The summed E-state index contributed by atoms with van der Waals surface area (Å²) in [6.07, 6.45) is -0.545. The van der Waals surface area contributed by atoms with Crippen LogP contribution in [0, 0.1) is 5.92 Å². The zero-order valence-corrected chi connectivity index (χ0v) is 10.8. The van der Waals surface area contributed by atoms with Crippen LogP contribution in [0.25, 0.3) is 0 Å². The Balaban J connectivity index is 2.80. The van der Waals surface area contributed by atoms with Crippen LogP contribution in [0.1, 0.15) is 27.7 Å². The maximum absolute atomic E-state index is 12.0. The Morgan fingerprint density at radius 3 is 2.53 bits per heavy atom. The van der Waals surface area contributed by atoms with Crippen LogP contribution in [-0.4, -0.2) is 43.3 Å². The van der Waals surface area contributed by atoms with Gasteiger partial charge in [0.15, 0.2) is 5.78 Å². The van der Waals surface area contributed by atoms with E-state index in [9.17, 15) is 9.59 Å². The van der Waals surface area contributed by atoms with Crippen LogP contribution < -0.4 is 0 Å². The average Bonchev–Trinajstić information content (AvgIpc) is 2.47. The molecule has 2 atom stereocenters. The van der Waals surface area contributed by atoms with E-state index in [2.05, 4.69) is 0 Å². The molecule has 0 saturated carbocycles. The van der Waals surface area contributed by atoms with Gasteiger partial charge < -0.3 is 14.2 Å². The van der Waals surface area contributed by atoms with Crippen LogP contribution in [0.5, 0.6) is 0 Å². The van der Waals surface area contributed by atoms with Gasteiger partial charge in [0.2, 0.25) is 0 Å². The van der Waals surface area contributed by atoms with Crippen molar-refractivity contribution in [3.8, 4) is 0 Å². The van der Waals surface area contributed by atoms with Crippen LogP contribution >= 0.6 is 0 Å². The number of hydrogen-bond donors (Lipinski definition) is 0. The summed E-state index contributed by atoms with van der Waals surface area (Å²) in [7, 11) is 0. The van der Waals surface area contributed by atoms with E-state index in [0.29, 0.717) is 6.61 Å². The number of carbonyl (C=O) groups is 2. The fourth-order valence-corrected chi connectivity index (χ4v) is 1.90. The van der Waals surface area contributed by atoms with Gasteiger partial charge in [-0.05, 0) is 27.7 Å². The second kappa shape index (κ2) is 5.60. The van der Waals surface area contributed by atoms with Gasteiger partial charge in [0.05, 0.1) is 13.2 Å². The molecule has 0 aromatic rings. The molecular weight excluding hydrogens is 224 g/mol. The predicted molar refractivity (Wildman–Crippen MR) is 60.6 cm³/mol. The first-order valence-electron chi connectivity index (χ1n) is 5.90. The Bertz CT molecular complexity index is 297. The highest BCUT2D eigenvalue weighted by Crippen LogP contribution is 2.32. The Morgan fingerprint density at radius 1 is 1.35 bits per heavy atom. The van der Waals surface area contributed by atoms with E-state index in [1.807, 2.05) is 6.92 Å². The van der Waals surface area contributed by atoms with Gasteiger partial charge in [0.1, 0.15) is 17.6 Å². The van der Waals surface area contributed by atoms with Crippen LogP contribution in [0.3, 0.4) is 0 Å². The lowest BCUT2D eigenvalue weighted by molar-refractivity contribution is -0.152. The molecule has 17 heavy (non-hydrogen) atoms. The van der Waals surface area contributed by atoms with E-state index in [1.54, 1.807) is 20.8 Å². The van der Waals surface area contributed by atoms with Gasteiger partial charge in [0, 0.05) is 6.61 Å². The molecule has 1 fully saturated rings. The summed E-state index contributed by atoms with van der Waals surface area (Å²) < 4.78 is 15.7. The third-order valence-electron chi connectivity index (χ3n) is 2.72. The zero-order valence-electron chi connectivity index (χ0n) is 10.8. The molecule has 1 heterocycles. The molecule has 1 aliphatic heterocycles. The first-order chi connectivity index (χ1) is 7.94. The largest absolute Gasteiger partial charge is 0.465 e. The monoisotopic (exact) mass is 244 g/mol. The lowest BCUT2D eigenvalue weighted by Crippen LogP contribution is -2.35. The number of rotatable bonds is 5. The molecule has 0 amide bonds. The Kier molecular flexibility index (Phi) is 4.65. The minimum absolute atomic E-state index is 0.231. The summed E-state index contributed by atoms with van der Waals surface area (Å²) in [6.45, 7) is 7.88. The van der Waals surface area contributed by atoms with Crippen molar-refractivity contribution < 1.29 is 23.8 Å². The minimum Gasteiger partial charge on any atom is -0.465 e. The summed E-state index contributed by atoms with van der Waals surface area (Å²) in [5.41, 5.74) is -0.945. The summed E-state index contributed by atoms with van der Waals surface area (Å²) in [6, 6.07) is 0.